The van der Waals surface area contributed by atoms with Gasteiger partial charge >= 0.3 is 0 Å². The maximum Gasteiger partial charge on any atom is 0.131 e. The third-order valence-corrected chi connectivity index (χ3v) is 4.19. The van der Waals surface area contributed by atoms with Crippen LogP contribution < -0.4 is 5.32 Å². The largest absolute Gasteiger partial charge is 0.308 e. The summed E-state index contributed by atoms with van der Waals surface area (Å²) < 4.78 is 28.2. The molecule has 6 heteroatoms. The van der Waals surface area contributed by atoms with E-state index < -0.39 is 11.6 Å². The van der Waals surface area contributed by atoms with E-state index in [2.05, 4.69) is 21.2 Å². The Morgan fingerprint density at radius 2 is 1.89 bits per heavy atom. The molecular weight excluding hydrogens is 334 g/mol. The fraction of sp³-hybridized carbons (Fsp3) is 0.154. The fourth-order valence-corrected chi connectivity index (χ4v) is 3.01. The third kappa shape index (κ3) is 3.60. The number of halogens is 3. The van der Waals surface area contributed by atoms with Gasteiger partial charge in [-0.25, -0.2) is 8.78 Å². The number of hydrogen-bond acceptors (Lipinski definition) is 3. The number of benzene rings is 1. The molecule has 1 aromatic heterocycles. The van der Waals surface area contributed by atoms with Crippen LogP contribution in [-0.2, 0) is 13.1 Å². The van der Waals surface area contributed by atoms with E-state index in [1.165, 1.54) is 0 Å². The Morgan fingerprint density at radius 1 is 1.21 bits per heavy atom. The van der Waals surface area contributed by atoms with Crippen LogP contribution in [0.5, 0.6) is 0 Å². The highest BCUT2D eigenvalue weighted by molar-refractivity contribution is 9.10. The molecule has 1 heterocycles. The van der Waals surface area contributed by atoms with Gasteiger partial charge in [0, 0.05) is 33.4 Å². The lowest BCUT2D eigenvalue weighted by molar-refractivity contribution is 0.535. The molecule has 1 N–H and O–H groups in total. The van der Waals surface area contributed by atoms with E-state index >= 15 is 0 Å². The zero-order valence-corrected chi connectivity index (χ0v) is 12.1. The zero-order chi connectivity index (χ0) is 13.8. The quantitative estimate of drug-likeness (QED) is 0.913. The Bertz CT molecular complexity index is 611. The highest BCUT2D eigenvalue weighted by Crippen LogP contribution is 2.20. The first kappa shape index (κ1) is 14.1. The predicted molar refractivity (Wildman–Crippen MR) is 73.6 cm³/mol. The van der Waals surface area contributed by atoms with Gasteiger partial charge in [0.2, 0.25) is 0 Å². The Balaban J connectivity index is 2.02. The minimum absolute atomic E-state index is 0.0130. The van der Waals surface area contributed by atoms with Crippen LogP contribution in [0.25, 0.3) is 0 Å². The van der Waals surface area contributed by atoms with Gasteiger partial charge in [-0.1, -0.05) is 0 Å². The first-order valence-electron chi connectivity index (χ1n) is 5.42. The summed E-state index contributed by atoms with van der Waals surface area (Å²) in [6.45, 7) is 0.619. The van der Waals surface area contributed by atoms with Crippen molar-refractivity contribution < 1.29 is 8.78 Å². The number of hydrogen-bond donors (Lipinski definition) is 1. The van der Waals surface area contributed by atoms with Crippen LogP contribution in [-0.4, -0.2) is 0 Å². The average molecular weight is 343 g/mol. The molecule has 2 nitrogen and oxygen atoms in total. The number of rotatable bonds is 4. The summed E-state index contributed by atoms with van der Waals surface area (Å²) in [6, 6.07) is 5.75. The molecule has 0 spiro atoms. The van der Waals surface area contributed by atoms with Crippen LogP contribution in [0.4, 0.5) is 8.78 Å². The summed E-state index contributed by atoms with van der Waals surface area (Å²) in [5.74, 6) is -1.40. The lowest BCUT2D eigenvalue weighted by atomic mass is 10.1. The molecule has 0 aliphatic carbocycles. The predicted octanol–water partition coefficient (Wildman–Crippen LogP) is 3.95. The summed E-state index contributed by atoms with van der Waals surface area (Å²) in [5.41, 5.74) is -0.0597. The molecule has 1 aromatic carbocycles. The Hall–Kier alpha value is -1.29. The summed E-state index contributed by atoms with van der Waals surface area (Å²) in [7, 11) is 0. The van der Waals surface area contributed by atoms with E-state index in [0.717, 1.165) is 21.5 Å². The number of nitrogens with zero attached hydrogens (tertiary/aromatic N) is 1. The molecule has 0 amide bonds. The minimum Gasteiger partial charge on any atom is -0.308 e. The van der Waals surface area contributed by atoms with Gasteiger partial charge in [-0.3, -0.25) is 0 Å². The van der Waals surface area contributed by atoms with Gasteiger partial charge in [-0.05, 0) is 34.1 Å². The van der Waals surface area contributed by atoms with Gasteiger partial charge in [0.1, 0.15) is 11.6 Å². The van der Waals surface area contributed by atoms with Crippen molar-refractivity contribution in [2.24, 2.45) is 0 Å². The van der Waals surface area contributed by atoms with Gasteiger partial charge in [-0.15, -0.1) is 11.3 Å². The van der Waals surface area contributed by atoms with Gasteiger partial charge in [-0.2, -0.15) is 5.26 Å². The first-order valence-corrected chi connectivity index (χ1v) is 7.09. The van der Waals surface area contributed by atoms with Gasteiger partial charge in [0.05, 0.1) is 11.6 Å². The van der Waals surface area contributed by atoms with Gasteiger partial charge < -0.3 is 5.32 Å². The SMILES string of the molecule is N#Cc1cc(F)c(CNCc2cc(Br)cs2)c(F)c1. The number of thiophene rings is 1. The van der Waals surface area contributed by atoms with Crippen molar-refractivity contribution in [3.8, 4) is 6.07 Å². The molecule has 98 valence electrons. The second-order valence-corrected chi connectivity index (χ2v) is 5.78. The van der Waals surface area contributed by atoms with Crippen molar-refractivity contribution in [3.05, 3.63) is 55.7 Å². The van der Waals surface area contributed by atoms with Crippen molar-refractivity contribution in [1.29, 1.82) is 5.26 Å². The standard InChI is InChI=1S/C13H9BrF2N2S/c14-9-3-10(19-7-9)5-18-6-11-12(15)1-8(4-17)2-13(11)16/h1-3,7,18H,5-6H2. The van der Waals surface area contributed by atoms with E-state index in [1.54, 1.807) is 17.4 Å². The minimum atomic E-state index is -0.698. The molecule has 0 fully saturated rings. The van der Waals surface area contributed by atoms with E-state index in [4.69, 9.17) is 5.26 Å². The lowest BCUT2D eigenvalue weighted by Gasteiger charge is -2.06. The van der Waals surface area contributed by atoms with Crippen LogP contribution in [0.3, 0.4) is 0 Å². The maximum absolute atomic E-state index is 13.6. The second kappa shape index (κ2) is 6.24. The smallest absolute Gasteiger partial charge is 0.131 e. The Kier molecular flexibility index (Phi) is 4.64. The van der Waals surface area contributed by atoms with E-state index in [1.807, 2.05) is 11.4 Å². The molecular formula is C13H9BrF2N2S. The molecule has 0 saturated heterocycles. The Labute approximate surface area is 121 Å². The van der Waals surface area contributed by atoms with E-state index in [0.29, 0.717) is 6.54 Å². The van der Waals surface area contributed by atoms with Crippen molar-refractivity contribution in [2.75, 3.05) is 0 Å². The Morgan fingerprint density at radius 3 is 2.42 bits per heavy atom. The van der Waals surface area contributed by atoms with Crippen molar-refractivity contribution >= 4 is 27.3 Å². The van der Waals surface area contributed by atoms with Crippen LogP contribution in [0, 0.1) is 23.0 Å². The monoisotopic (exact) mass is 342 g/mol. The van der Waals surface area contributed by atoms with E-state index in [9.17, 15) is 8.78 Å². The fourth-order valence-electron chi connectivity index (χ4n) is 1.59. The molecule has 0 aliphatic heterocycles. The molecule has 2 rings (SSSR count). The molecule has 0 aliphatic rings. The average Bonchev–Trinajstić information content (AvgIpc) is 2.78. The maximum atomic E-state index is 13.6. The highest BCUT2D eigenvalue weighted by atomic mass is 79.9. The third-order valence-electron chi connectivity index (χ3n) is 2.49. The zero-order valence-electron chi connectivity index (χ0n) is 9.71. The first-order chi connectivity index (χ1) is 9.10. The van der Waals surface area contributed by atoms with Gasteiger partial charge in [0.25, 0.3) is 0 Å². The highest BCUT2D eigenvalue weighted by Gasteiger charge is 2.11. The van der Waals surface area contributed by atoms with Gasteiger partial charge in [0.15, 0.2) is 0 Å². The van der Waals surface area contributed by atoms with Crippen molar-refractivity contribution in [1.82, 2.24) is 5.32 Å². The lowest BCUT2D eigenvalue weighted by Crippen LogP contribution is -2.14. The van der Waals surface area contributed by atoms with Crippen LogP contribution in [0.2, 0.25) is 0 Å². The molecule has 0 atom stereocenters. The summed E-state index contributed by atoms with van der Waals surface area (Å²) in [6.07, 6.45) is 0. The molecule has 0 bridgehead atoms. The molecule has 2 aromatic rings. The van der Waals surface area contributed by atoms with Crippen LogP contribution >= 0.6 is 27.3 Å². The molecule has 0 unspecified atom stereocenters. The summed E-state index contributed by atoms with van der Waals surface area (Å²) >= 11 is 4.90. The molecule has 0 saturated carbocycles. The number of nitrogens with one attached hydrogen (secondary N) is 1. The van der Waals surface area contributed by atoms with E-state index in [-0.39, 0.29) is 17.7 Å². The van der Waals surface area contributed by atoms with Crippen LogP contribution in [0.1, 0.15) is 16.0 Å². The normalized spacial score (nSPS) is 10.4. The van der Waals surface area contributed by atoms with Crippen LogP contribution in [0.15, 0.2) is 28.1 Å². The topological polar surface area (TPSA) is 35.8 Å². The van der Waals surface area contributed by atoms with Crippen molar-refractivity contribution in [3.63, 3.8) is 0 Å². The van der Waals surface area contributed by atoms with Crippen molar-refractivity contribution in [2.45, 2.75) is 13.1 Å². The summed E-state index contributed by atoms with van der Waals surface area (Å²) in [4.78, 5) is 1.07. The summed E-state index contributed by atoms with van der Waals surface area (Å²) in [5, 5.41) is 13.5. The molecule has 19 heavy (non-hydrogen) atoms. The molecule has 0 radical (unpaired) electrons. The number of nitriles is 1. The second-order valence-electron chi connectivity index (χ2n) is 3.87.